The second-order valence-electron chi connectivity index (χ2n) is 4.06. The molecule has 3 rings (SSSR count). The Labute approximate surface area is 132 Å². The number of halogens is 1. The normalized spacial score (nSPS) is 10.6. The van der Waals surface area contributed by atoms with Crippen molar-refractivity contribution in [3.63, 3.8) is 0 Å². The van der Waals surface area contributed by atoms with Gasteiger partial charge in [0.15, 0.2) is 17.8 Å². The Bertz CT molecular complexity index is 819. The topological polar surface area (TPSA) is 61.3 Å². The second-order valence-corrected chi connectivity index (χ2v) is 5.81. The van der Waals surface area contributed by atoms with Gasteiger partial charge >= 0.3 is 0 Å². The van der Waals surface area contributed by atoms with Crippen LogP contribution in [0, 0.1) is 0 Å². The van der Waals surface area contributed by atoms with Crippen molar-refractivity contribution in [1.82, 2.24) is 9.97 Å². The molecule has 0 amide bonds. The maximum atomic E-state index is 11.1. The van der Waals surface area contributed by atoms with Crippen molar-refractivity contribution in [3.8, 4) is 17.4 Å². The first-order chi connectivity index (χ1) is 10.2. The van der Waals surface area contributed by atoms with Crippen LogP contribution >= 0.6 is 27.3 Å². The number of ether oxygens (including phenoxy) is 2. The van der Waals surface area contributed by atoms with Crippen molar-refractivity contribution in [2.75, 3.05) is 7.11 Å². The molecule has 0 N–H and O–H groups in total. The lowest BCUT2D eigenvalue weighted by molar-refractivity contribution is 0.112. The number of fused-ring (bicyclic) bond motifs is 1. The summed E-state index contributed by atoms with van der Waals surface area (Å²) in [6.45, 7) is 0. The number of hydrogen-bond donors (Lipinski definition) is 0. The molecule has 0 radical (unpaired) electrons. The number of rotatable bonds is 4. The summed E-state index contributed by atoms with van der Waals surface area (Å²) in [5.41, 5.74) is 0.474. The van der Waals surface area contributed by atoms with Gasteiger partial charge in [-0.05, 0) is 39.5 Å². The van der Waals surface area contributed by atoms with Crippen LogP contribution in [0.25, 0.3) is 10.2 Å². The van der Waals surface area contributed by atoms with E-state index < -0.39 is 0 Å². The van der Waals surface area contributed by atoms with Crippen molar-refractivity contribution in [3.05, 3.63) is 39.9 Å². The van der Waals surface area contributed by atoms with Crippen molar-refractivity contribution in [2.45, 2.75) is 0 Å². The van der Waals surface area contributed by atoms with E-state index in [4.69, 9.17) is 9.47 Å². The molecule has 2 aromatic heterocycles. The summed E-state index contributed by atoms with van der Waals surface area (Å²) in [5.74, 6) is 1.36. The van der Waals surface area contributed by atoms with Gasteiger partial charge in [-0.1, -0.05) is 0 Å². The Balaban J connectivity index is 2.08. The summed E-state index contributed by atoms with van der Waals surface area (Å²) >= 11 is 4.82. The summed E-state index contributed by atoms with van der Waals surface area (Å²) in [6.07, 6.45) is 2.19. The molecule has 0 atom stereocenters. The molecule has 0 saturated carbocycles. The molecule has 2 heterocycles. The van der Waals surface area contributed by atoms with Gasteiger partial charge in [0.25, 0.3) is 0 Å². The number of carbonyl (C=O) groups excluding carboxylic acids is 1. The number of methoxy groups -OCH3 is 1. The van der Waals surface area contributed by atoms with Crippen LogP contribution in [-0.4, -0.2) is 23.4 Å². The van der Waals surface area contributed by atoms with Crippen LogP contribution in [0.4, 0.5) is 0 Å². The Morgan fingerprint density at radius 3 is 2.90 bits per heavy atom. The summed E-state index contributed by atoms with van der Waals surface area (Å²) in [5, 5.41) is 2.74. The number of nitrogens with zero attached hydrogens (tertiary/aromatic N) is 2. The summed E-state index contributed by atoms with van der Waals surface area (Å²) in [7, 11) is 1.54. The highest BCUT2D eigenvalue weighted by Crippen LogP contribution is 2.37. The van der Waals surface area contributed by atoms with E-state index in [1.807, 2.05) is 11.4 Å². The molecule has 1 aromatic carbocycles. The maximum Gasteiger partial charge on any atom is 0.231 e. The minimum atomic E-state index is 0.425. The van der Waals surface area contributed by atoms with Crippen molar-refractivity contribution in [2.24, 2.45) is 0 Å². The fraction of sp³-hybridized carbons (Fsp3) is 0.0714. The first kappa shape index (κ1) is 14.0. The Hall–Kier alpha value is -1.99. The van der Waals surface area contributed by atoms with Crippen LogP contribution in [0.3, 0.4) is 0 Å². The van der Waals surface area contributed by atoms with Crippen molar-refractivity contribution in [1.29, 1.82) is 0 Å². The molecule has 106 valence electrons. The van der Waals surface area contributed by atoms with Gasteiger partial charge in [0, 0.05) is 10.0 Å². The third-order valence-electron chi connectivity index (χ3n) is 2.84. The molecule has 0 fully saturated rings. The SMILES string of the molecule is COc1cc(Br)c(C=O)cc1Oc1ncnc2sccc12. The van der Waals surface area contributed by atoms with Gasteiger partial charge in [0.1, 0.15) is 11.2 Å². The van der Waals surface area contributed by atoms with Gasteiger partial charge in [0.05, 0.1) is 12.5 Å². The minimum absolute atomic E-state index is 0.425. The predicted octanol–water partition coefficient (Wildman–Crippen LogP) is 4.07. The van der Waals surface area contributed by atoms with E-state index in [1.165, 1.54) is 24.8 Å². The zero-order valence-electron chi connectivity index (χ0n) is 10.9. The first-order valence-electron chi connectivity index (χ1n) is 5.91. The Morgan fingerprint density at radius 1 is 1.29 bits per heavy atom. The van der Waals surface area contributed by atoms with E-state index in [0.717, 1.165) is 16.5 Å². The molecule has 0 aliphatic rings. The molecule has 0 bridgehead atoms. The highest BCUT2D eigenvalue weighted by Gasteiger charge is 2.13. The van der Waals surface area contributed by atoms with Gasteiger partial charge < -0.3 is 9.47 Å². The molecule has 3 aromatic rings. The highest BCUT2D eigenvalue weighted by molar-refractivity contribution is 9.10. The molecule has 5 nitrogen and oxygen atoms in total. The minimum Gasteiger partial charge on any atom is -0.493 e. The molecular formula is C14H9BrN2O3S. The average Bonchev–Trinajstić information content (AvgIpc) is 2.98. The van der Waals surface area contributed by atoms with E-state index in [-0.39, 0.29) is 0 Å². The monoisotopic (exact) mass is 364 g/mol. The predicted molar refractivity (Wildman–Crippen MR) is 83.6 cm³/mol. The third-order valence-corrected chi connectivity index (χ3v) is 4.35. The maximum absolute atomic E-state index is 11.1. The van der Waals surface area contributed by atoms with Crippen molar-refractivity contribution >= 4 is 43.8 Å². The lowest BCUT2D eigenvalue weighted by Crippen LogP contribution is -1.95. The number of thiophene rings is 1. The Kier molecular flexibility index (Phi) is 3.85. The number of carbonyl (C=O) groups is 1. The van der Waals surface area contributed by atoms with Crippen LogP contribution in [-0.2, 0) is 0 Å². The molecule has 0 spiro atoms. The molecule has 0 saturated heterocycles. The van der Waals surface area contributed by atoms with Crippen LogP contribution in [0.1, 0.15) is 10.4 Å². The number of aldehydes is 1. The molecule has 0 unspecified atom stereocenters. The summed E-state index contributed by atoms with van der Waals surface area (Å²) in [6, 6.07) is 5.18. The van der Waals surface area contributed by atoms with E-state index in [9.17, 15) is 4.79 Å². The van der Waals surface area contributed by atoms with Gasteiger partial charge in [-0.3, -0.25) is 4.79 Å². The molecule has 7 heteroatoms. The standard InChI is InChI=1S/C14H9BrN2O3S/c1-19-11-5-10(15)8(6-18)4-12(11)20-13-9-2-3-21-14(9)17-7-16-13/h2-7H,1H3. The zero-order chi connectivity index (χ0) is 14.8. The van der Waals surface area contributed by atoms with Gasteiger partial charge in [-0.2, -0.15) is 0 Å². The highest BCUT2D eigenvalue weighted by atomic mass is 79.9. The zero-order valence-corrected chi connectivity index (χ0v) is 13.3. The van der Waals surface area contributed by atoms with Crippen molar-refractivity contribution < 1.29 is 14.3 Å². The molecule has 0 aliphatic heterocycles. The van der Waals surface area contributed by atoms with Crippen LogP contribution in [0.2, 0.25) is 0 Å². The van der Waals surface area contributed by atoms with E-state index >= 15 is 0 Å². The molecular weight excluding hydrogens is 356 g/mol. The molecule has 21 heavy (non-hydrogen) atoms. The van der Waals surface area contributed by atoms with E-state index in [0.29, 0.717) is 27.4 Å². The van der Waals surface area contributed by atoms with Gasteiger partial charge in [0.2, 0.25) is 5.88 Å². The second kappa shape index (κ2) is 5.79. The van der Waals surface area contributed by atoms with E-state index in [1.54, 1.807) is 12.1 Å². The number of benzene rings is 1. The molecule has 0 aliphatic carbocycles. The quantitative estimate of drug-likeness (QED) is 0.653. The van der Waals surface area contributed by atoms with Crippen LogP contribution in [0.5, 0.6) is 17.4 Å². The smallest absolute Gasteiger partial charge is 0.231 e. The largest absolute Gasteiger partial charge is 0.493 e. The Morgan fingerprint density at radius 2 is 2.14 bits per heavy atom. The number of hydrogen-bond acceptors (Lipinski definition) is 6. The van der Waals surface area contributed by atoms with Gasteiger partial charge in [-0.25, -0.2) is 9.97 Å². The van der Waals surface area contributed by atoms with Crippen LogP contribution in [0.15, 0.2) is 34.4 Å². The number of aromatic nitrogens is 2. The fourth-order valence-corrected chi connectivity index (χ4v) is 2.97. The van der Waals surface area contributed by atoms with E-state index in [2.05, 4.69) is 25.9 Å². The van der Waals surface area contributed by atoms with Crippen LogP contribution < -0.4 is 9.47 Å². The average molecular weight is 365 g/mol. The van der Waals surface area contributed by atoms with Gasteiger partial charge in [-0.15, -0.1) is 11.3 Å². The summed E-state index contributed by atoms with van der Waals surface area (Å²) < 4.78 is 11.7. The summed E-state index contributed by atoms with van der Waals surface area (Å²) in [4.78, 5) is 20.2. The third kappa shape index (κ3) is 2.62. The fourth-order valence-electron chi connectivity index (χ4n) is 1.83. The first-order valence-corrected chi connectivity index (χ1v) is 7.59. The lowest BCUT2D eigenvalue weighted by Gasteiger charge is -2.11. The lowest BCUT2D eigenvalue weighted by atomic mass is 10.2.